The highest BCUT2D eigenvalue weighted by Crippen LogP contribution is 2.23. The van der Waals surface area contributed by atoms with Crippen molar-refractivity contribution in [1.82, 2.24) is 9.47 Å². The van der Waals surface area contributed by atoms with E-state index in [0.29, 0.717) is 25.4 Å². The number of pyridine rings is 1. The molecule has 0 aliphatic carbocycles. The van der Waals surface area contributed by atoms with Crippen LogP contribution >= 0.6 is 0 Å². The maximum absolute atomic E-state index is 13.0. The van der Waals surface area contributed by atoms with Gasteiger partial charge in [-0.2, -0.15) is 0 Å². The molecule has 7 nitrogen and oxygen atoms in total. The maximum Gasteiger partial charge on any atom is 0.263 e. The number of aromatic nitrogens is 1. The number of aryl methyl sites for hydroxylation is 1. The number of hydrogen-bond donors (Lipinski definition) is 0. The molecule has 1 aliphatic rings. The lowest BCUT2D eigenvalue weighted by molar-refractivity contribution is -0.124. The zero-order chi connectivity index (χ0) is 20.4. The van der Waals surface area contributed by atoms with Gasteiger partial charge in [-0.05, 0) is 57.2 Å². The molecule has 1 aromatic carbocycles. The zero-order valence-electron chi connectivity index (χ0n) is 16.6. The van der Waals surface area contributed by atoms with E-state index in [1.807, 2.05) is 26.0 Å². The zero-order valence-corrected chi connectivity index (χ0v) is 16.6. The third-order valence-electron chi connectivity index (χ3n) is 5.24. The number of rotatable bonds is 4. The van der Waals surface area contributed by atoms with Crippen LogP contribution in [-0.2, 0) is 11.3 Å². The summed E-state index contributed by atoms with van der Waals surface area (Å²) >= 11 is 0. The average Bonchev–Trinajstić information content (AvgIpc) is 2.70. The Labute approximate surface area is 164 Å². The fraction of sp³-hybridized carbons (Fsp3) is 0.381. The van der Waals surface area contributed by atoms with Crippen molar-refractivity contribution < 1.29 is 14.3 Å². The minimum absolute atomic E-state index is 0.102. The van der Waals surface area contributed by atoms with Gasteiger partial charge < -0.3 is 19.1 Å². The summed E-state index contributed by atoms with van der Waals surface area (Å²) in [6.07, 6.45) is 0. The minimum Gasteiger partial charge on any atom is -0.497 e. The smallest absolute Gasteiger partial charge is 0.263 e. The Morgan fingerprint density at radius 3 is 2.39 bits per heavy atom. The summed E-state index contributed by atoms with van der Waals surface area (Å²) in [7, 11) is 1.59. The Balaban J connectivity index is 1.84. The molecule has 0 bridgehead atoms. The number of methoxy groups -OCH3 is 1. The Morgan fingerprint density at radius 1 is 1.11 bits per heavy atom. The van der Waals surface area contributed by atoms with E-state index in [9.17, 15) is 14.4 Å². The maximum atomic E-state index is 13.0. The summed E-state index contributed by atoms with van der Waals surface area (Å²) in [6.45, 7) is 6.61. The van der Waals surface area contributed by atoms with E-state index in [1.165, 1.54) is 4.90 Å². The molecule has 3 rings (SSSR count). The van der Waals surface area contributed by atoms with Crippen molar-refractivity contribution in [2.24, 2.45) is 0 Å². The first-order valence-electron chi connectivity index (χ1n) is 9.35. The van der Waals surface area contributed by atoms with Crippen LogP contribution in [0.1, 0.15) is 29.9 Å². The van der Waals surface area contributed by atoms with Gasteiger partial charge in [0.05, 0.1) is 7.11 Å². The van der Waals surface area contributed by atoms with E-state index in [1.54, 1.807) is 47.8 Å². The van der Waals surface area contributed by atoms with Gasteiger partial charge in [-0.15, -0.1) is 0 Å². The standard InChI is InChI=1S/C21H25N3O4/c1-5-22-14(2)6-11-18(20(22)26)21(27)23-12-13-24(19(25)15(23)3)16-7-9-17(28-4)10-8-16/h6-11,15H,5,12-13H2,1-4H3. The number of piperazine rings is 1. The molecule has 1 saturated heterocycles. The molecule has 2 heterocycles. The number of benzene rings is 1. The first-order valence-corrected chi connectivity index (χ1v) is 9.35. The van der Waals surface area contributed by atoms with E-state index in [0.717, 1.165) is 11.4 Å². The first-order chi connectivity index (χ1) is 13.4. The topological polar surface area (TPSA) is 71.9 Å². The summed E-state index contributed by atoms with van der Waals surface area (Å²) in [5.74, 6) is 0.139. The Morgan fingerprint density at radius 2 is 1.79 bits per heavy atom. The van der Waals surface area contributed by atoms with Gasteiger partial charge in [0.15, 0.2) is 0 Å². The molecular weight excluding hydrogens is 358 g/mol. The highest BCUT2D eigenvalue weighted by Gasteiger charge is 2.36. The molecule has 1 atom stereocenters. The van der Waals surface area contributed by atoms with Crippen molar-refractivity contribution in [1.29, 1.82) is 0 Å². The van der Waals surface area contributed by atoms with E-state index >= 15 is 0 Å². The number of carbonyl (C=O) groups excluding carboxylic acids is 2. The van der Waals surface area contributed by atoms with Gasteiger partial charge in [0.1, 0.15) is 17.4 Å². The quantitative estimate of drug-likeness (QED) is 0.810. The molecule has 1 aliphatic heterocycles. The van der Waals surface area contributed by atoms with Crippen LogP contribution in [0.15, 0.2) is 41.2 Å². The van der Waals surface area contributed by atoms with E-state index < -0.39 is 11.9 Å². The number of anilines is 1. The summed E-state index contributed by atoms with van der Waals surface area (Å²) in [5.41, 5.74) is 1.35. The lowest BCUT2D eigenvalue weighted by Crippen LogP contribution is -2.58. The molecule has 2 aromatic rings. The highest BCUT2D eigenvalue weighted by atomic mass is 16.5. The van der Waals surface area contributed by atoms with Gasteiger partial charge in [0, 0.05) is 31.0 Å². The van der Waals surface area contributed by atoms with Crippen molar-refractivity contribution in [2.45, 2.75) is 33.4 Å². The van der Waals surface area contributed by atoms with Crippen LogP contribution in [0, 0.1) is 6.92 Å². The van der Waals surface area contributed by atoms with Gasteiger partial charge in [-0.3, -0.25) is 14.4 Å². The summed E-state index contributed by atoms with van der Waals surface area (Å²) in [6, 6.07) is 9.90. The molecule has 0 radical (unpaired) electrons. The van der Waals surface area contributed by atoms with Crippen molar-refractivity contribution in [3.05, 3.63) is 58.0 Å². The van der Waals surface area contributed by atoms with Crippen LogP contribution in [0.4, 0.5) is 5.69 Å². The van der Waals surface area contributed by atoms with Crippen LogP contribution in [0.5, 0.6) is 5.75 Å². The summed E-state index contributed by atoms with van der Waals surface area (Å²) in [4.78, 5) is 41.7. The van der Waals surface area contributed by atoms with Crippen molar-refractivity contribution in [2.75, 3.05) is 25.1 Å². The van der Waals surface area contributed by atoms with Gasteiger partial charge >= 0.3 is 0 Å². The van der Waals surface area contributed by atoms with Gasteiger partial charge in [-0.25, -0.2) is 0 Å². The molecule has 0 spiro atoms. The number of amides is 2. The number of carbonyl (C=O) groups is 2. The minimum atomic E-state index is -0.654. The lowest BCUT2D eigenvalue weighted by Gasteiger charge is -2.39. The van der Waals surface area contributed by atoms with Gasteiger partial charge in [-0.1, -0.05) is 0 Å². The molecule has 1 unspecified atom stereocenters. The SMILES string of the molecule is CCn1c(C)ccc(C(=O)N2CCN(c3ccc(OC)cc3)C(=O)C2C)c1=O. The predicted molar refractivity (Wildman–Crippen MR) is 107 cm³/mol. The highest BCUT2D eigenvalue weighted by molar-refractivity contribution is 6.03. The van der Waals surface area contributed by atoms with Gasteiger partial charge in [0.25, 0.3) is 11.5 Å². The second kappa shape index (κ2) is 7.88. The van der Waals surface area contributed by atoms with Crippen LogP contribution < -0.4 is 15.2 Å². The van der Waals surface area contributed by atoms with Crippen LogP contribution in [0.3, 0.4) is 0 Å². The van der Waals surface area contributed by atoms with E-state index in [2.05, 4.69) is 0 Å². The first kappa shape index (κ1) is 19.7. The average molecular weight is 383 g/mol. The molecular formula is C21H25N3O4. The summed E-state index contributed by atoms with van der Waals surface area (Å²) in [5, 5.41) is 0. The van der Waals surface area contributed by atoms with E-state index in [4.69, 9.17) is 4.74 Å². The fourth-order valence-electron chi connectivity index (χ4n) is 3.55. The summed E-state index contributed by atoms with van der Waals surface area (Å²) < 4.78 is 6.72. The fourth-order valence-corrected chi connectivity index (χ4v) is 3.55. The molecule has 0 N–H and O–H groups in total. The van der Waals surface area contributed by atoms with Crippen LogP contribution in [-0.4, -0.2) is 47.5 Å². The third kappa shape index (κ3) is 3.40. The van der Waals surface area contributed by atoms with Crippen molar-refractivity contribution in [3.8, 4) is 5.75 Å². The lowest BCUT2D eigenvalue weighted by atomic mass is 10.1. The van der Waals surface area contributed by atoms with E-state index in [-0.39, 0.29) is 17.0 Å². The number of nitrogens with zero attached hydrogens (tertiary/aromatic N) is 3. The number of ether oxygens (including phenoxy) is 1. The molecule has 0 saturated carbocycles. The molecule has 1 aromatic heterocycles. The van der Waals surface area contributed by atoms with Crippen LogP contribution in [0.2, 0.25) is 0 Å². The van der Waals surface area contributed by atoms with Crippen molar-refractivity contribution >= 4 is 17.5 Å². The molecule has 1 fully saturated rings. The Hall–Kier alpha value is -3.09. The second-order valence-electron chi connectivity index (χ2n) is 6.80. The normalized spacial score (nSPS) is 17.0. The largest absolute Gasteiger partial charge is 0.497 e. The molecule has 7 heteroatoms. The molecule has 28 heavy (non-hydrogen) atoms. The Kier molecular flexibility index (Phi) is 5.53. The second-order valence-corrected chi connectivity index (χ2v) is 6.80. The monoisotopic (exact) mass is 383 g/mol. The predicted octanol–water partition coefficient (Wildman–Crippen LogP) is 2.06. The third-order valence-corrected chi connectivity index (χ3v) is 5.24. The molecule has 148 valence electrons. The van der Waals surface area contributed by atoms with Crippen LogP contribution in [0.25, 0.3) is 0 Å². The van der Waals surface area contributed by atoms with Crippen molar-refractivity contribution in [3.63, 3.8) is 0 Å². The Bertz CT molecular complexity index is 949. The number of hydrogen-bond acceptors (Lipinski definition) is 4. The van der Waals surface area contributed by atoms with Gasteiger partial charge in [0.2, 0.25) is 5.91 Å². The molecule has 2 amide bonds.